The van der Waals surface area contributed by atoms with Gasteiger partial charge >= 0.3 is 5.97 Å². The van der Waals surface area contributed by atoms with Gasteiger partial charge in [0.05, 0.1) is 0 Å². The lowest BCUT2D eigenvalue weighted by molar-refractivity contribution is -0.131. The summed E-state index contributed by atoms with van der Waals surface area (Å²) in [5.41, 5.74) is 1.36. The average molecular weight is 418 g/mol. The highest BCUT2D eigenvalue weighted by Gasteiger charge is 2.23. The van der Waals surface area contributed by atoms with Crippen molar-refractivity contribution in [1.82, 2.24) is 0 Å². The van der Waals surface area contributed by atoms with E-state index in [9.17, 15) is 14.7 Å². The van der Waals surface area contributed by atoms with Crippen LogP contribution in [0.4, 0.5) is 0 Å². The van der Waals surface area contributed by atoms with Gasteiger partial charge in [-0.2, -0.15) is 0 Å². The van der Waals surface area contributed by atoms with E-state index in [2.05, 4.69) is 0 Å². The second-order valence-electron chi connectivity index (χ2n) is 6.75. The number of fused-ring (bicyclic) bond motifs is 1. The van der Waals surface area contributed by atoms with Gasteiger partial charge in [-0.3, -0.25) is 4.79 Å². The summed E-state index contributed by atoms with van der Waals surface area (Å²) in [7, 11) is 0. The molecule has 0 unspecified atom stereocenters. The number of carbonyl (C=O) groups excluding carboxylic acids is 1. The molecule has 5 nitrogen and oxygen atoms in total. The topological polar surface area (TPSA) is 83.8 Å². The molecule has 0 bridgehead atoms. The zero-order chi connectivity index (χ0) is 21.1. The Kier molecular flexibility index (Phi) is 5.50. The summed E-state index contributed by atoms with van der Waals surface area (Å²) in [5, 5.41) is 19.3. The third kappa shape index (κ3) is 4.18. The largest absolute Gasteiger partial charge is 0.508 e. The molecule has 3 aromatic rings. The molecule has 0 radical (unpaired) electrons. The van der Waals surface area contributed by atoms with Gasteiger partial charge in [-0.25, -0.2) is 4.79 Å². The number of rotatable bonds is 6. The summed E-state index contributed by atoms with van der Waals surface area (Å²) in [6.07, 6.45) is 10.0. The number of carbonyl (C=O) groups is 2. The van der Waals surface area contributed by atoms with Gasteiger partial charge in [-0.05, 0) is 54.8 Å². The molecule has 0 aliphatic heterocycles. The Labute approximate surface area is 176 Å². The summed E-state index contributed by atoms with van der Waals surface area (Å²) >= 11 is 1.29. The van der Waals surface area contributed by atoms with E-state index in [-0.39, 0.29) is 11.5 Å². The van der Waals surface area contributed by atoms with Crippen molar-refractivity contribution in [2.45, 2.75) is 12.8 Å². The number of thiophene rings is 1. The minimum absolute atomic E-state index is 0.109. The number of aliphatic carboxylic acids is 1. The minimum Gasteiger partial charge on any atom is -0.508 e. The predicted octanol–water partition coefficient (Wildman–Crippen LogP) is 5.96. The fourth-order valence-electron chi connectivity index (χ4n) is 3.16. The summed E-state index contributed by atoms with van der Waals surface area (Å²) in [6, 6.07) is 11.8. The van der Waals surface area contributed by atoms with Crippen molar-refractivity contribution in [1.29, 1.82) is 0 Å². The Balaban J connectivity index is 1.72. The molecule has 150 valence electrons. The molecule has 1 aliphatic rings. The van der Waals surface area contributed by atoms with Crippen LogP contribution in [0.25, 0.3) is 16.2 Å². The van der Waals surface area contributed by atoms with Gasteiger partial charge in [0.25, 0.3) is 0 Å². The molecule has 1 heterocycles. The lowest BCUT2D eigenvalue weighted by atomic mass is 10.0. The van der Waals surface area contributed by atoms with Crippen LogP contribution in [0.3, 0.4) is 0 Å². The average Bonchev–Trinajstić information content (AvgIpc) is 3.10. The van der Waals surface area contributed by atoms with Gasteiger partial charge in [0.1, 0.15) is 16.4 Å². The van der Waals surface area contributed by atoms with Crippen LogP contribution in [-0.2, 0) is 4.79 Å². The zero-order valence-corrected chi connectivity index (χ0v) is 16.7. The first-order chi connectivity index (χ1) is 14.5. The Bertz CT molecular complexity index is 1210. The number of phenols is 1. The highest BCUT2D eigenvalue weighted by Crippen LogP contribution is 2.43. The minimum atomic E-state index is -1.02. The first-order valence-corrected chi connectivity index (χ1v) is 10.2. The molecule has 0 saturated heterocycles. The smallest absolute Gasteiger partial charge is 0.328 e. The van der Waals surface area contributed by atoms with Crippen molar-refractivity contribution >= 4 is 39.3 Å². The second-order valence-corrected chi connectivity index (χ2v) is 7.80. The number of hydrogen-bond donors (Lipinski definition) is 2. The zero-order valence-electron chi connectivity index (χ0n) is 15.9. The van der Waals surface area contributed by atoms with Gasteiger partial charge in [0, 0.05) is 21.7 Å². The first kappa shape index (κ1) is 19.7. The molecule has 2 aromatic carbocycles. The van der Waals surface area contributed by atoms with Crippen LogP contribution in [0.5, 0.6) is 17.2 Å². The molecular formula is C24H18O5S. The van der Waals surface area contributed by atoms with Crippen LogP contribution in [0, 0.1) is 0 Å². The number of carboxylic acids is 1. The van der Waals surface area contributed by atoms with Crippen molar-refractivity contribution in [2.24, 2.45) is 0 Å². The van der Waals surface area contributed by atoms with E-state index in [0.717, 1.165) is 34.6 Å². The van der Waals surface area contributed by atoms with E-state index in [1.165, 1.54) is 17.4 Å². The van der Waals surface area contributed by atoms with Gasteiger partial charge in [-0.15, -0.1) is 11.3 Å². The lowest BCUT2D eigenvalue weighted by Gasteiger charge is -2.09. The van der Waals surface area contributed by atoms with Crippen molar-refractivity contribution in [2.75, 3.05) is 0 Å². The molecule has 6 heteroatoms. The van der Waals surface area contributed by atoms with Gasteiger partial charge in [0.15, 0.2) is 5.75 Å². The van der Waals surface area contributed by atoms with E-state index in [1.54, 1.807) is 42.5 Å². The Morgan fingerprint density at radius 2 is 1.87 bits per heavy atom. The maximum atomic E-state index is 13.2. The molecule has 0 atom stereocenters. The predicted molar refractivity (Wildman–Crippen MR) is 117 cm³/mol. The maximum absolute atomic E-state index is 13.2. The number of Topliss-reactive ketones (excluding diaryl/α,β-unsaturated/α-hetero) is 1. The molecule has 4 rings (SSSR count). The van der Waals surface area contributed by atoms with E-state index < -0.39 is 5.97 Å². The van der Waals surface area contributed by atoms with Crippen LogP contribution in [0.15, 0.2) is 72.3 Å². The molecule has 0 amide bonds. The Morgan fingerprint density at radius 1 is 1.07 bits per heavy atom. The number of ketones is 1. The van der Waals surface area contributed by atoms with Crippen LogP contribution in [0.2, 0.25) is 0 Å². The quantitative estimate of drug-likeness (QED) is 0.381. The lowest BCUT2D eigenvalue weighted by Crippen LogP contribution is -2.03. The van der Waals surface area contributed by atoms with Crippen molar-refractivity contribution in [3.8, 4) is 17.2 Å². The Morgan fingerprint density at radius 3 is 2.57 bits per heavy atom. The molecule has 1 aromatic heterocycles. The summed E-state index contributed by atoms with van der Waals surface area (Å²) < 4.78 is 6.87. The van der Waals surface area contributed by atoms with Crippen molar-refractivity contribution in [3.63, 3.8) is 0 Å². The summed E-state index contributed by atoms with van der Waals surface area (Å²) in [6.45, 7) is 0. The fraction of sp³-hybridized carbons (Fsp3) is 0.0833. The summed E-state index contributed by atoms with van der Waals surface area (Å²) in [4.78, 5) is 24.3. The number of benzene rings is 2. The highest BCUT2D eigenvalue weighted by molar-refractivity contribution is 7.21. The molecule has 2 N–H and O–H groups in total. The number of phenolic OH excluding ortho intramolecular Hbond substituents is 1. The number of hydrogen-bond acceptors (Lipinski definition) is 5. The molecule has 0 fully saturated rings. The van der Waals surface area contributed by atoms with E-state index in [4.69, 9.17) is 9.84 Å². The second kappa shape index (κ2) is 8.39. The maximum Gasteiger partial charge on any atom is 0.328 e. The van der Waals surface area contributed by atoms with E-state index in [0.29, 0.717) is 21.9 Å². The van der Waals surface area contributed by atoms with Crippen LogP contribution in [-0.4, -0.2) is 22.0 Å². The van der Waals surface area contributed by atoms with Gasteiger partial charge < -0.3 is 14.9 Å². The van der Waals surface area contributed by atoms with Crippen molar-refractivity contribution < 1.29 is 24.5 Å². The molecule has 0 spiro atoms. The van der Waals surface area contributed by atoms with Crippen LogP contribution in [0.1, 0.15) is 28.1 Å². The molecular weight excluding hydrogens is 400 g/mol. The number of allylic oxidation sites excluding steroid dienone is 4. The number of ether oxygens (including phenoxy) is 1. The van der Waals surface area contributed by atoms with Crippen molar-refractivity contribution in [3.05, 3.63) is 82.8 Å². The van der Waals surface area contributed by atoms with E-state index >= 15 is 0 Å². The molecule has 0 saturated carbocycles. The van der Waals surface area contributed by atoms with E-state index in [1.807, 2.05) is 18.2 Å². The van der Waals surface area contributed by atoms with Gasteiger partial charge in [-0.1, -0.05) is 30.4 Å². The standard InChI is InChI=1S/C24H18O5S/c25-17-9-12-19-20(14-17)30-24(22(28)16-4-2-1-3-5-16)23(19)29-18-10-6-15(7-11-18)8-13-21(26)27/h2,4-14,25H,1,3H2,(H,26,27)/b13-8+. The normalized spacial score (nSPS) is 13.5. The Hall–Kier alpha value is -3.64. The van der Waals surface area contributed by atoms with Gasteiger partial charge in [0.2, 0.25) is 5.78 Å². The monoisotopic (exact) mass is 418 g/mol. The van der Waals surface area contributed by atoms with Crippen LogP contribution < -0.4 is 4.74 Å². The molecule has 1 aliphatic carbocycles. The number of aromatic hydroxyl groups is 1. The third-order valence-corrected chi connectivity index (χ3v) is 5.74. The molecule has 30 heavy (non-hydrogen) atoms. The SMILES string of the molecule is O=C(O)/C=C/c1ccc(Oc2c(C(=O)C3=CCCC=C3)sc3cc(O)ccc23)cc1. The van der Waals surface area contributed by atoms with Crippen LogP contribution >= 0.6 is 11.3 Å². The number of carboxylic acid groups (broad SMARTS) is 1. The third-order valence-electron chi connectivity index (χ3n) is 4.61. The summed E-state index contributed by atoms with van der Waals surface area (Å²) in [5.74, 6) is -0.0213. The fourth-order valence-corrected chi connectivity index (χ4v) is 4.28. The first-order valence-electron chi connectivity index (χ1n) is 9.37. The highest BCUT2D eigenvalue weighted by atomic mass is 32.1.